The van der Waals surface area contributed by atoms with Crippen LogP contribution in [0.3, 0.4) is 0 Å². The number of ketones is 1. The smallest absolute Gasteiger partial charge is 0.314 e. The molecule has 1 spiro atoms. The molecule has 0 aromatic rings. The predicted octanol–water partition coefficient (Wildman–Crippen LogP) is 0.830. The van der Waals surface area contributed by atoms with Crippen LogP contribution < -0.4 is 0 Å². The molecule has 0 aromatic carbocycles. The number of hydrogen-bond acceptors (Lipinski definition) is 2. The van der Waals surface area contributed by atoms with Gasteiger partial charge in [0.2, 0.25) is 0 Å². The monoisotopic (exact) mass is 154 g/mol. The van der Waals surface area contributed by atoms with Crippen molar-refractivity contribution < 1.29 is 14.7 Å². The van der Waals surface area contributed by atoms with Crippen LogP contribution in [0.15, 0.2) is 0 Å². The van der Waals surface area contributed by atoms with Crippen molar-refractivity contribution in [3.8, 4) is 0 Å². The second-order valence-corrected chi connectivity index (χ2v) is 3.59. The number of hydrogen-bond donors (Lipinski definition) is 1. The van der Waals surface area contributed by atoms with E-state index in [2.05, 4.69) is 0 Å². The minimum Gasteiger partial charge on any atom is -0.481 e. The second-order valence-electron chi connectivity index (χ2n) is 3.59. The zero-order valence-electron chi connectivity index (χ0n) is 6.17. The molecule has 0 heterocycles. The van der Waals surface area contributed by atoms with E-state index in [1.807, 2.05) is 0 Å². The topological polar surface area (TPSA) is 54.4 Å². The fourth-order valence-electron chi connectivity index (χ4n) is 2.08. The zero-order valence-corrected chi connectivity index (χ0v) is 6.17. The number of carbonyl (C=O) groups excluding carboxylic acids is 1. The Labute approximate surface area is 64.4 Å². The van der Waals surface area contributed by atoms with Crippen molar-refractivity contribution in [1.29, 1.82) is 0 Å². The van der Waals surface area contributed by atoms with Gasteiger partial charge >= 0.3 is 5.97 Å². The Morgan fingerprint density at radius 2 is 2.18 bits per heavy atom. The maximum Gasteiger partial charge on any atom is 0.314 e. The molecule has 2 rings (SSSR count). The van der Waals surface area contributed by atoms with Gasteiger partial charge in [-0.3, -0.25) is 9.59 Å². The minimum absolute atomic E-state index is 0.0174. The lowest BCUT2D eigenvalue weighted by atomic mass is 9.51. The van der Waals surface area contributed by atoms with E-state index in [-0.39, 0.29) is 11.2 Å². The maximum absolute atomic E-state index is 11.2. The number of aliphatic carboxylic acids is 1. The quantitative estimate of drug-likeness (QED) is 0.569. The summed E-state index contributed by atoms with van der Waals surface area (Å²) in [5.74, 6) is -1.63. The molecule has 0 bridgehead atoms. The molecule has 3 heteroatoms. The van der Waals surface area contributed by atoms with E-state index in [1.165, 1.54) is 0 Å². The highest BCUT2D eigenvalue weighted by Crippen LogP contribution is 2.55. The molecule has 2 saturated carbocycles. The Morgan fingerprint density at radius 3 is 2.45 bits per heavy atom. The predicted molar refractivity (Wildman–Crippen MR) is 37.0 cm³/mol. The van der Waals surface area contributed by atoms with E-state index >= 15 is 0 Å². The highest BCUT2D eigenvalue weighted by Gasteiger charge is 2.58. The minimum atomic E-state index is -0.937. The maximum atomic E-state index is 11.2. The van der Waals surface area contributed by atoms with E-state index in [0.29, 0.717) is 6.42 Å². The third-order valence-corrected chi connectivity index (χ3v) is 3.04. The first-order valence-electron chi connectivity index (χ1n) is 3.93. The molecule has 1 atom stereocenters. The molecular formula is C8H10O3. The van der Waals surface area contributed by atoms with Crippen LogP contribution in [0.5, 0.6) is 0 Å². The number of carboxylic acid groups (broad SMARTS) is 1. The summed E-state index contributed by atoms with van der Waals surface area (Å²) >= 11 is 0. The van der Waals surface area contributed by atoms with Crippen molar-refractivity contribution >= 4 is 11.8 Å². The molecule has 1 unspecified atom stereocenters. The first-order valence-corrected chi connectivity index (χ1v) is 3.93. The summed E-state index contributed by atoms with van der Waals surface area (Å²) in [6.45, 7) is 0. The summed E-state index contributed by atoms with van der Waals surface area (Å²) in [6.07, 6.45) is 3.55. The Bertz CT molecular complexity index is 227. The van der Waals surface area contributed by atoms with Gasteiger partial charge in [-0.15, -0.1) is 0 Å². The van der Waals surface area contributed by atoms with Gasteiger partial charge in [0, 0.05) is 5.41 Å². The molecule has 2 aliphatic rings. The van der Waals surface area contributed by atoms with Gasteiger partial charge in [0.05, 0.1) is 0 Å². The molecule has 1 N–H and O–H groups in total. The van der Waals surface area contributed by atoms with E-state index in [0.717, 1.165) is 19.3 Å². The molecule has 0 radical (unpaired) electrons. The first kappa shape index (κ1) is 6.83. The van der Waals surface area contributed by atoms with Gasteiger partial charge in [-0.2, -0.15) is 0 Å². The molecule has 11 heavy (non-hydrogen) atoms. The van der Waals surface area contributed by atoms with Crippen LogP contribution in [-0.2, 0) is 9.59 Å². The van der Waals surface area contributed by atoms with Crippen LogP contribution in [0.1, 0.15) is 25.7 Å². The Hall–Kier alpha value is -0.860. The van der Waals surface area contributed by atoms with E-state index in [9.17, 15) is 9.59 Å². The summed E-state index contributed by atoms with van der Waals surface area (Å²) in [5.41, 5.74) is -0.164. The molecule has 0 amide bonds. The molecule has 2 aliphatic carbocycles. The van der Waals surface area contributed by atoms with Crippen LogP contribution in [0.2, 0.25) is 0 Å². The summed E-state index contributed by atoms with van der Waals surface area (Å²) in [6, 6.07) is 0. The molecule has 3 nitrogen and oxygen atoms in total. The molecule has 0 aromatic heterocycles. The number of rotatable bonds is 1. The molecular weight excluding hydrogens is 144 g/mol. The summed E-state index contributed by atoms with van der Waals surface area (Å²) in [5, 5.41) is 8.53. The van der Waals surface area contributed by atoms with Crippen LogP contribution >= 0.6 is 0 Å². The SMILES string of the molecule is O=C(O)C1CC2(CCC2)C1=O. The molecule has 0 aliphatic heterocycles. The third-order valence-electron chi connectivity index (χ3n) is 3.04. The number of carbonyl (C=O) groups is 2. The highest BCUT2D eigenvalue weighted by atomic mass is 16.4. The lowest BCUT2D eigenvalue weighted by molar-refractivity contribution is -0.167. The summed E-state index contributed by atoms with van der Waals surface area (Å²) in [7, 11) is 0. The average Bonchev–Trinajstić information content (AvgIpc) is 1.80. The van der Waals surface area contributed by atoms with Gasteiger partial charge in [0.25, 0.3) is 0 Å². The van der Waals surface area contributed by atoms with Gasteiger partial charge in [-0.25, -0.2) is 0 Å². The molecule has 2 fully saturated rings. The lowest BCUT2D eigenvalue weighted by Crippen LogP contribution is -2.55. The van der Waals surface area contributed by atoms with Crippen LogP contribution in [0, 0.1) is 11.3 Å². The van der Waals surface area contributed by atoms with Crippen LogP contribution in [-0.4, -0.2) is 16.9 Å². The van der Waals surface area contributed by atoms with E-state index in [4.69, 9.17) is 5.11 Å². The van der Waals surface area contributed by atoms with Crippen molar-refractivity contribution in [2.75, 3.05) is 0 Å². The van der Waals surface area contributed by atoms with E-state index in [1.54, 1.807) is 0 Å². The van der Waals surface area contributed by atoms with Gasteiger partial charge in [-0.05, 0) is 19.3 Å². The van der Waals surface area contributed by atoms with E-state index < -0.39 is 11.9 Å². The second kappa shape index (κ2) is 1.84. The first-order chi connectivity index (χ1) is 5.16. The lowest BCUT2D eigenvalue weighted by Gasteiger charge is -2.50. The largest absolute Gasteiger partial charge is 0.481 e. The van der Waals surface area contributed by atoms with Crippen LogP contribution in [0.4, 0.5) is 0 Å². The average molecular weight is 154 g/mol. The summed E-state index contributed by atoms with van der Waals surface area (Å²) in [4.78, 5) is 21.6. The Kier molecular flexibility index (Phi) is 1.14. The third kappa shape index (κ3) is 0.682. The Balaban J connectivity index is 2.06. The standard InChI is InChI=1S/C8H10O3/c9-6-5(7(10)11)4-8(6)2-1-3-8/h5H,1-4H2,(H,10,11). The fourth-order valence-corrected chi connectivity index (χ4v) is 2.08. The highest BCUT2D eigenvalue weighted by molar-refractivity contribution is 6.06. The summed E-state index contributed by atoms with van der Waals surface area (Å²) < 4.78 is 0. The number of carboxylic acids is 1. The van der Waals surface area contributed by atoms with Crippen molar-refractivity contribution in [2.45, 2.75) is 25.7 Å². The fraction of sp³-hybridized carbons (Fsp3) is 0.750. The Morgan fingerprint density at radius 1 is 1.55 bits per heavy atom. The van der Waals surface area contributed by atoms with Crippen molar-refractivity contribution in [1.82, 2.24) is 0 Å². The van der Waals surface area contributed by atoms with Gasteiger partial charge < -0.3 is 5.11 Å². The van der Waals surface area contributed by atoms with Crippen LogP contribution in [0.25, 0.3) is 0 Å². The number of Topliss-reactive ketones (excluding diaryl/α,β-unsaturated/α-hetero) is 1. The normalized spacial score (nSPS) is 32.7. The zero-order chi connectivity index (χ0) is 8.06. The van der Waals surface area contributed by atoms with Gasteiger partial charge in [0.15, 0.2) is 5.78 Å². The van der Waals surface area contributed by atoms with Crippen molar-refractivity contribution in [3.63, 3.8) is 0 Å². The van der Waals surface area contributed by atoms with Gasteiger partial charge in [0.1, 0.15) is 5.92 Å². The molecule has 60 valence electrons. The molecule has 0 saturated heterocycles. The van der Waals surface area contributed by atoms with Gasteiger partial charge in [-0.1, -0.05) is 6.42 Å². The van der Waals surface area contributed by atoms with Crippen molar-refractivity contribution in [2.24, 2.45) is 11.3 Å². The van der Waals surface area contributed by atoms with Crippen molar-refractivity contribution in [3.05, 3.63) is 0 Å².